The summed E-state index contributed by atoms with van der Waals surface area (Å²) in [5, 5.41) is 13.6. The van der Waals surface area contributed by atoms with Crippen molar-refractivity contribution < 1.29 is 14.5 Å². The highest BCUT2D eigenvalue weighted by atomic mass is 35.5. The summed E-state index contributed by atoms with van der Waals surface area (Å²) in [4.78, 5) is 40.5. The van der Waals surface area contributed by atoms with Gasteiger partial charge in [-0.05, 0) is 19.8 Å². The van der Waals surface area contributed by atoms with Gasteiger partial charge in [0, 0.05) is 32.2 Å². The topological polar surface area (TPSA) is 131 Å². The number of nitro groups is 1. The van der Waals surface area contributed by atoms with Crippen LogP contribution in [-0.4, -0.2) is 52.8 Å². The zero-order valence-corrected chi connectivity index (χ0v) is 14.8. The molecule has 1 saturated heterocycles. The fourth-order valence-electron chi connectivity index (χ4n) is 2.72. The van der Waals surface area contributed by atoms with E-state index in [-0.39, 0.29) is 47.9 Å². The number of nitrogens with one attached hydrogen (secondary N) is 1. The average molecular weight is 372 g/mol. The first kappa shape index (κ1) is 20.8. The van der Waals surface area contributed by atoms with Gasteiger partial charge in [0.2, 0.25) is 5.91 Å². The van der Waals surface area contributed by atoms with Crippen LogP contribution >= 0.6 is 12.4 Å². The second-order valence-corrected chi connectivity index (χ2v) is 5.75. The van der Waals surface area contributed by atoms with Gasteiger partial charge in [0.05, 0.1) is 22.1 Å². The zero-order valence-electron chi connectivity index (χ0n) is 13.9. The van der Waals surface area contributed by atoms with Gasteiger partial charge in [-0.3, -0.25) is 24.7 Å². The number of carbonyl (C=O) groups is 2. The molecule has 0 bridgehead atoms. The van der Waals surface area contributed by atoms with E-state index in [1.807, 2.05) is 0 Å². The Hall–Kier alpha value is -2.26. The van der Waals surface area contributed by atoms with E-state index in [1.165, 1.54) is 6.07 Å². The molecule has 1 aromatic rings. The lowest BCUT2D eigenvalue weighted by Crippen LogP contribution is -2.46. The Kier molecular flexibility index (Phi) is 7.72. The molecule has 10 heteroatoms. The molecule has 2 amide bonds. The van der Waals surface area contributed by atoms with Crippen molar-refractivity contribution >= 4 is 29.9 Å². The average Bonchev–Trinajstić information content (AvgIpc) is 2.59. The first-order valence-electron chi connectivity index (χ1n) is 7.82. The van der Waals surface area contributed by atoms with Crippen LogP contribution in [0.5, 0.6) is 0 Å². The molecule has 1 atom stereocenters. The van der Waals surface area contributed by atoms with E-state index in [1.54, 1.807) is 11.8 Å². The van der Waals surface area contributed by atoms with Crippen LogP contribution in [0, 0.1) is 23.0 Å². The molecule has 0 saturated carbocycles. The molecule has 1 aliphatic heterocycles. The number of nitrogens with two attached hydrogens (primary N) is 1. The molecule has 0 aliphatic carbocycles. The standard InChI is InChI=1S/C15H21N5O4.ClH/c1-10-13(7-12(8-18-10)20(23)24)15(22)19-6-2-3-11(9-19)14(21)17-5-4-16;/h7-8,11H,2-6,9,16H2,1H3,(H,17,21);1H. The van der Waals surface area contributed by atoms with Gasteiger partial charge in [0.15, 0.2) is 0 Å². The maximum Gasteiger partial charge on any atom is 0.288 e. The second kappa shape index (κ2) is 9.28. The molecule has 9 nitrogen and oxygen atoms in total. The normalized spacial score (nSPS) is 16.7. The maximum atomic E-state index is 12.7. The molecular weight excluding hydrogens is 350 g/mol. The summed E-state index contributed by atoms with van der Waals surface area (Å²) in [7, 11) is 0. The molecule has 1 aliphatic rings. The minimum atomic E-state index is -0.581. The molecule has 138 valence electrons. The van der Waals surface area contributed by atoms with Crippen LogP contribution in [0.4, 0.5) is 5.69 Å². The number of halogens is 1. The number of rotatable bonds is 5. The number of carbonyl (C=O) groups excluding carboxylic acids is 2. The smallest absolute Gasteiger partial charge is 0.288 e. The predicted octanol–water partition coefficient (Wildman–Crippen LogP) is 0.647. The number of hydrogen-bond donors (Lipinski definition) is 2. The van der Waals surface area contributed by atoms with Crippen molar-refractivity contribution in [1.29, 1.82) is 0 Å². The highest BCUT2D eigenvalue weighted by Gasteiger charge is 2.30. The minimum Gasteiger partial charge on any atom is -0.355 e. The molecule has 25 heavy (non-hydrogen) atoms. The van der Waals surface area contributed by atoms with Gasteiger partial charge >= 0.3 is 0 Å². The van der Waals surface area contributed by atoms with E-state index in [0.29, 0.717) is 38.2 Å². The van der Waals surface area contributed by atoms with Crippen molar-refractivity contribution in [2.45, 2.75) is 19.8 Å². The lowest BCUT2D eigenvalue weighted by Gasteiger charge is -2.32. The number of likely N-dealkylation sites (tertiary alicyclic amines) is 1. The Morgan fingerprint density at radius 1 is 1.52 bits per heavy atom. The third kappa shape index (κ3) is 5.10. The molecule has 1 fully saturated rings. The van der Waals surface area contributed by atoms with Crippen molar-refractivity contribution in [2.24, 2.45) is 11.7 Å². The van der Waals surface area contributed by atoms with Crippen molar-refractivity contribution in [3.05, 3.63) is 33.6 Å². The van der Waals surface area contributed by atoms with Gasteiger partial charge in [-0.2, -0.15) is 0 Å². The lowest BCUT2D eigenvalue weighted by atomic mass is 9.96. The highest BCUT2D eigenvalue weighted by molar-refractivity contribution is 5.96. The van der Waals surface area contributed by atoms with Crippen LogP contribution in [0.25, 0.3) is 0 Å². The molecule has 1 unspecified atom stereocenters. The first-order valence-corrected chi connectivity index (χ1v) is 7.82. The van der Waals surface area contributed by atoms with Crippen LogP contribution in [0.15, 0.2) is 12.3 Å². The van der Waals surface area contributed by atoms with Crippen molar-refractivity contribution in [1.82, 2.24) is 15.2 Å². The number of nitrogens with zero attached hydrogens (tertiary/aromatic N) is 3. The van der Waals surface area contributed by atoms with E-state index < -0.39 is 4.92 Å². The van der Waals surface area contributed by atoms with Gasteiger partial charge in [-0.15, -0.1) is 12.4 Å². The molecule has 0 spiro atoms. The van der Waals surface area contributed by atoms with E-state index in [9.17, 15) is 19.7 Å². The van der Waals surface area contributed by atoms with Crippen LogP contribution in [0.1, 0.15) is 28.9 Å². The molecule has 0 radical (unpaired) electrons. The van der Waals surface area contributed by atoms with E-state index in [2.05, 4.69) is 10.3 Å². The largest absolute Gasteiger partial charge is 0.355 e. The molecular formula is C15H22ClN5O4. The summed E-state index contributed by atoms with van der Waals surface area (Å²) in [5.41, 5.74) is 5.78. The molecule has 2 heterocycles. The van der Waals surface area contributed by atoms with Gasteiger partial charge < -0.3 is 16.0 Å². The minimum absolute atomic E-state index is 0. The van der Waals surface area contributed by atoms with Crippen LogP contribution in [0.3, 0.4) is 0 Å². The molecule has 1 aromatic heterocycles. The number of hydrogen-bond acceptors (Lipinski definition) is 6. The van der Waals surface area contributed by atoms with Gasteiger partial charge in [-0.1, -0.05) is 0 Å². The predicted molar refractivity (Wildman–Crippen MR) is 93.6 cm³/mol. The highest BCUT2D eigenvalue weighted by Crippen LogP contribution is 2.21. The number of piperidine rings is 1. The Bertz CT molecular complexity index is 655. The Balaban J connectivity index is 0.00000312. The fraction of sp³-hybridized carbons (Fsp3) is 0.533. The van der Waals surface area contributed by atoms with Gasteiger partial charge in [0.25, 0.3) is 11.6 Å². The number of aromatic nitrogens is 1. The Morgan fingerprint density at radius 3 is 2.88 bits per heavy atom. The third-order valence-electron chi connectivity index (χ3n) is 4.04. The summed E-state index contributed by atoms with van der Waals surface area (Å²) in [5.74, 6) is -0.743. The van der Waals surface area contributed by atoms with Crippen LogP contribution in [-0.2, 0) is 4.79 Å². The third-order valence-corrected chi connectivity index (χ3v) is 4.04. The SMILES string of the molecule is Cc1ncc([N+](=O)[O-])cc1C(=O)N1CCCC(C(=O)NCCN)C1.Cl. The zero-order chi connectivity index (χ0) is 17.7. The summed E-state index contributed by atoms with van der Waals surface area (Å²) in [6.45, 7) is 3.20. The van der Waals surface area contributed by atoms with E-state index in [4.69, 9.17) is 5.73 Å². The summed E-state index contributed by atoms with van der Waals surface area (Å²) >= 11 is 0. The monoisotopic (exact) mass is 371 g/mol. The van der Waals surface area contributed by atoms with Gasteiger partial charge in [-0.25, -0.2) is 0 Å². The van der Waals surface area contributed by atoms with E-state index >= 15 is 0 Å². The van der Waals surface area contributed by atoms with E-state index in [0.717, 1.165) is 6.20 Å². The number of amides is 2. The maximum absolute atomic E-state index is 12.7. The Morgan fingerprint density at radius 2 is 2.24 bits per heavy atom. The molecule has 2 rings (SSSR count). The quantitative estimate of drug-likeness (QED) is 0.577. The summed E-state index contributed by atoms with van der Waals surface area (Å²) < 4.78 is 0. The van der Waals surface area contributed by atoms with Crippen LogP contribution in [0.2, 0.25) is 0 Å². The lowest BCUT2D eigenvalue weighted by molar-refractivity contribution is -0.385. The van der Waals surface area contributed by atoms with Crippen molar-refractivity contribution in [3.63, 3.8) is 0 Å². The Labute approximate surface area is 151 Å². The molecule has 3 N–H and O–H groups in total. The fourth-order valence-corrected chi connectivity index (χ4v) is 2.72. The second-order valence-electron chi connectivity index (χ2n) is 5.75. The summed E-state index contributed by atoms with van der Waals surface area (Å²) in [6, 6.07) is 1.24. The number of aryl methyl sites for hydroxylation is 1. The van der Waals surface area contributed by atoms with Crippen molar-refractivity contribution in [3.8, 4) is 0 Å². The van der Waals surface area contributed by atoms with Gasteiger partial charge in [0.1, 0.15) is 6.20 Å². The van der Waals surface area contributed by atoms with Crippen molar-refractivity contribution in [2.75, 3.05) is 26.2 Å². The summed E-state index contributed by atoms with van der Waals surface area (Å²) in [6.07, 6.45) is 2.53. The first-order chi connectivity index (χ1) is 11.4. The number of pyridine rings is 1. The van der Waals surface area contributed by atoms with Crippen LogP contribution < -0.4 is 11.1 Å². The molecule has 0 aromatic carbocycles.